The van der Waals surface area contributed by atoms with E-state index in [4.69, 9.17) is 9.26 Å². The molecule has 1 aliphatic rings. The fraction of sp³-hybridized carbons (Fsp3) is 0.421. The Hall–Kier alpha value is -2.87. The van der Waals surface area contributed by atoms with Crippen LogP contribution in [0.15, 0.2) is 23.1 Å². The lowest BCUT2D eigenvalue weighted by Crippen LogP contribution is -2.32. The second-order valence-electron chi connectivity index (χ2n) is 6.58. The van der Waals surface area contributed by atoms with Gasteiger partial charge in [0.05, 0.1) is 0 Å². The Balaban J connectivity index is 1.64. The van der Waals surface area contributed by atoms with E-state index in [0.29, 0.717) is 24.9 Å². The van der Waals surface area contributed by atoms with Crippen LogP contribution < -0.4 is 4.90 Å². The number of ether oxygens (including phenoxy) is 1. The number of rotatable bonds is 5. The van der Waals surface area contributed by atoms with Gasteiger partial charge >= 0.3 is 0 Å². The van der Waals surface area contributed by atoms with E-state index in [9.17, 15) is 0 Å². The average molecular weight is 366 g/mol. The first kappa shape index (κ1) is 17.5. The zero-order valence-corrected chi connectivity index (χ0v) is 15.8. The first-order valence-electron chi connectivity index (χ1n) is 9.04. The van der Waals surface area contributed by atoms with Crippen LogP contribution >= 0.6 is 0 Å². The minimum absolute atomic E-state index is 0.299. The number of hydrogen-bond acceptors (Lipinski definition) is 8. The van der Waals surface area contributed by atoms with E-state index >= 15 is 0 Å². The molecule has 27 heavy (non-hydrogen) atoms. The van der Waals surface area contributed by atoms with Crippen LogP contribution in [0.4, 0.5) is 5.95 Å². The zero-order valence-electron chi connectivity index (χ0n) is 15.8. The van der Waals surface area contributed by atoms with Gasteiger partial charge in [-0.15, -0.1) is 0 Å². The van der Waals surface area contributed by atoms with Crippen molar-refractivity contribution < 1.29 is 9.26 Å². The summed E-state index contributed by atoms with van der Waals surface area (Å²) in [4.78, 5) is 20.2. The maximum Gasteiger partial charge on any atom is 0.252 e. The number of hydrogen-bond donors (Lipinski definition) is 0. The summed E-state index contributed by atoms with van der Waals surface area (Å²) in [6, 6.07) is 0. The van der Waals surface area contributed by atoms with Crippen molar-refractivity contribution in [3.8, 4) is 11.4 Å². The number of methoxy groups -OCH3 is 1. The Bertz CT molecular complexity index is 938. The molecule has 0 amide bonds. The van der Waals surface area contributed by atoms with Crippen LogP contribution in [-0.2, 0) is 30.7 Å². The summed E-state index contributed by atoms with van der Waals surface area (Å²) in [7, 11) is 1.60. The quantitative estimate of drug-likeness (QED) is 0.680. The van der Waals surface area contributed by atoms with E-state index in [1.807, 2.05) is 25.5 Å². The SMILES string of the molecule is CCc1cnc(N2CCc3c(cnc(C)c3-c3noc(COC)n3)C2)nc1. The van der Waals surface area contributed by atoms with Crippen LogP contribution in [0.25, 0.3) is 11.4 Å². The van der Waals surface area contributed by atoms with Crippen molar-refractivity contribution in [2.24, 2.45) is 0 Å². The summed E-state index contributed by atoms with van der Waals surface area (Å²) in [6.45, 7) is 5.91. The molecule has 4 rings (SSSR count). The van der Waals surface area contributed by atoms with Gasteiger partial charge in [0.25, 0.3) is 5.89 Å². The van der Waals surface area contributed by atoms with Gasteiger partial charge in [-0.3, -0.25) is 4.98 Å². The maximum atomic E-state index is 5.27. The van der Waals surface area contributed by atoms with E-state index in [-0.39, 0.29) is 0 Å². The van der Waals surface area contributed by atoms with Crippen LogP contribution in [0.3, 0.4) is 0 Å². The van der Waals surface area contributed by atoms with Crippen molar-refractivity contribution in [3.63, 3.8) is 0 Å². The summed E-state index contributed by atoms with van der Waals surface area (Å²) in [5.41, 5.74) is 5.35. The highest BCUT2D eigenvalue weighted by Crippen LogP contribution is 2.31. The first-order valence-corrected chi connectivity index (χ1v) is 9.04. The summed E-state index contributed by atoms with van der Waals surface area (Å²) in [5, 5.41) is 4.13. The predicted molar refractivity (Wildman–Crippen MR) is 99.1 cm³/mol. The van der Waals surface area contributed by atoms with E-state index in [1.165, 1.54) is 5.56 Å². The van der Waals surface area contributed by atoms with Crippen LogP contribution in [0, 0.1) is 6.92 Å². The van der Waals surface area contributed by atoms with Crippen LogP contribution in [0.5, 0.6) is 0 Å². The molecule has 0 fully saturated rings. The molecule has 0 spiro atoms. The number of aromatic nitrogens is 5. The lowest BCUT2D eigenvalue weighted by Gasteiger charge is -2.30. The minimum Gasteiger partial charge on any atom is -0.375 e. The second-order valence-corrected chi connectivity index (χ2v) is 6.58. The molecule has 1 aliphatic heterocycles. The highest BCUT2D eigenvalue weighted by atomic mass is 16.5. The summed E-state index contributed by atoms with van der Waals surface area (Å²) in [6.07, 6.45) is 7.50. The van der Waals surface area contributed by atoms with Crippen LogP contribution in [0.1, 0.15) is 35.2 Å². The van der Waals surface area contributed by atoms with Gasteiger partial charge in [0, 0.05) is 50.0 Å². The van der Waals surface area contributed by atoms with E-state index < -0.39 is 0 Å². The molecule has 0 saturated heterocycles. The molecule has 140 valence electrons. The highest BCUT2D eigenvalue weighted by Gasteiger charge is 2.25. The van der Waals surface area contributed by atoms with Crippen molar-refractivity contribution in [3.05, 3.63) is 46.9 Å². The van der Waals surface area contributed by atoms with Gasteiger partial charge in [0.2, 0.25) is 11.8 Å². The van der Waals surface area contributed by atoms with Crippen molar-refractivity contribution in [2.45, 2.75) is 39.8 Å². The third-order valence-corrected chi connectivity index (χ3v) is 4.80. The Morgan fingerprint density at radius 2 is 2.00 bits per heavy atom. The lowest BCUT2D eigenvalue weighted by atomic mass is 9.94. The lowest BCUT2D eigenvalue weighted by molar-refractivity contribution is 0.151. The normalized spacial score (nSPS) is 13.7. The number of fused-ring (bicyclic) bond motifs is 1. The van der Waals surface area contributed by atoms with Gasteiger partial charge in [-0.1, -0.05) is 12.1 Å². The molecule has 8 heteroatoms. The molecule has 0 aliphatic carbocycles. The summed E-state index contributed by atoms with van der Waals surface area (Å²) < 4.78 is 10.3. The second kappa shape index (κ2) is 7.40. The average Bonchev–Trinajstić information content (AvgIpc) is 3.16. The van der Waals surface area contributed by atoms with E-state index in [1.54, 1.807) is 7.11 Å². The molecule has 0 unspecified atom stereocenters. The van der Waals surface area contributed by atoms with Gasteiger partial charge in [0.15, 0.2) is 0 Å². The Labute approximate surface area is 157 Å². The van der Waals surface area contributed by atoms with Gasteiger partial charge in [0.1, 0.15) is 6.61 Å². The molecule has 8 nitrogen and oxygen atoms in total. The standard InChI is InChI=1S/C19H22N6O2/c1-4-13-7-21-19(22-8-13)25-6-5-15-14(10-25)9-20-12(2)17(15)18-23-16(11-26-3)27-24-18/h7-9H,4-6,10-11H2,1-3H3. The van der Waals surface area contributed by atoms with Crippen LogP contribution in [0.2, 0.25) is 0 Å². The molecular formula is C19H22N6O2. The van der Waals surface area contributed by atoms with Crippen molar-refractivity contribution in [1.29, 1.82) is 0 Å². The van der Waals surface area contributed by atoms with Gasteiger partial charge in [-0.05, 0) is 36.5 Å². The number of aryl methyl sites for hydroxylation is 2. The minimum atomic E-state index is 0.299. The van der Waals surface area contributed by atoms with E-state index in [0.717, 1.165) is 47.7 Å². The van der Waals surface area contributed by atoms with Gasteiger partial charge in [-0.2, -0.15) is 4.98 Å². The topological polar surface area (TPSA) is 90.1 Å². The molecule has 0 N–H and O–H groups in total. The molecule has 0 saturated carbocycles. The van der Waals surface area contributed by atoms with E-state index in [2.05, 4.69) is 36.9 Å². The Kier molecular flexibility index (Phi) is 4.81. The fourth-order valence-corrected chi connectivity index (χ4v) is 3.35. The number of pyridine rings is 1. The molecule has 0 aromatic carbocycles. The zero-order chi connectivity index (χ0) is 18.8. The maximum absolute atomic E-state index is 5.27. The molecule has 0 atom stereocenters. The fourth-order valence-electron chi connectivity index (χ4n) is 3.35. The first-order chi connectivity index (χ1) is 13.2. The molecule has 0 radical (unpaired) electrons. The molecule has 4 heterocycles. The number of nitrogens with zero attached hydrogens (tertiary/aromatic N) is 6. The third-order valence-electron chi connectivity index (χ3n) is 4.80. The Morgan fingerprint density at radius 3 is 2.74 bits per heavy atom. The van der Waals surface area contributed by atoms with Gasteiger partial charge in [-0.25, -0.2) is 9.97 Å². The van der Waals surface area contributed by atoms with Gasteiger partial charge < -0.3 is 14.2 Å². The summed E-state index contributed by atoms with van der Waals surface area (Å²) >= 11 is 0. The van der Waals surface area contributed by atoms with Crippen molar-refractivity contribution in [2.75, 3.05) is 18.6 Å². The monoisotopic (exact) mass is 366 g/mol. The summed E-state index contributed by atoms with van der Waals surface area (Å²) in [5.74, 6) is 1.79. The largest absolute Gasteiger partial charge is 0.375 e. The Morgan fingerprint density at radius 1 is 1.19 bits per heavy atom. The molecular weight excluding hydrogens is 344 g/mol. The van der Waals surface area contributed by atoms with Crippen molar-refractivity contribution >= 4 is 5.95 Å². The molecule has 0 bridgehead atoms. The van der Waals surface area contributed by atoms with Crippen LogP contribution in [-0.4, -0.2) is 38.7 Å². The third kappa shape index (κ3) is 3.40. The number of anilines is 1. The van der Waals surface area contributed by atoms with Crippen molar-refractivity contribution in [1.82, 2.24) is 25.1 Å². The molecule has 3 aromatic rings. The predicted octanol–water partition coefficient (Wildman–Crippen LogP) is 2.50. The highest BCUT2D eigenvalue weighted by molar-refractivity contribution is 5.65. The molecule has 3 aromatic heterocycles. The smallest absolute Gasteiger partial charge is 0.252 e.